The molecule has 0 fully saturated rings. The number of aromatic amines is 1. The molecule has 0 aliphatic carbocycles. The molecule has 5 nitrogen and oxygen atoms in total. The summed E-state index contributed by atoms with van der Waals surface area (Å²) in [6.07, 6.45) is 3.89. The molecule has 0 bridgehead atoms. The van der Waals surface area contributed by atoms with E-state index in [9.17, 15) is 0 Å². The van der Waals surface area contributed by atoms with Gasteiger partial charge in [-0.2, -0.15) is 5.10 Å². The van der Waals surface area contributed by atoms with E-state index in [0.29, 0.717) is 0 Å². The molecule has 0 spiro atoms. The first-order valence-corrected chi connectivity index (χ1v) is 7.93. The lowest BCUT2D eigenvalue weighted by atomic mass is 10.1. The number of benzene rings is 1. The Morgan fingerprint density at radius 2 is 2.17 bits per heavy atom. The largest absolute Gasteiger partial charge is 0.497 e. The molecule has 0 saturated heterocycles. The standard InChI is InChI=1S/C18H22N4O/c1-13(17-18-16(21-22-17)9-5-11-20-18)19-10-4-7-14-6-3-8-15(12-14)23-2/h3,5-6,8-9,11-13,19H,4,7,10H2,1-2H3,(H,21,22). The summed E-state index contributed by atoms with van der Waals surface area (Å²) in [6, 6.07) is 12.3. The zero-order chi connectivity index (χ0) is 16.1. The van der Waals surface area contributed by atoms with Crippen molar-refractivity contribution in [2.75, 3.05) is 13.7 Å². The molecule has 120 valence electrons. The summed E-state index contributed by atoms with van der Waals surface area (Å²) in [7, 11) is 1.70. The highest BCUT2D eigenvalue weighted by molar-refractivity contribution is 5.76. The highest BCUT2D eigenvalue weighted by Gasteiger charge is 2.13. The smallest absolute Gasteiger partial charge is 0.119 e. The van der Waals surface area contributed by atoms with Crippen molar-refractivity contribution in [2.24, 2.45) is 0 Å². The van der Waals surface area contributed by atoms with Gasteiger partial charge in [0.2, 0.25) is 0 Å². The minimum atomic E-state index is 0.170. The van der Waals surface area contributed by atoms with Crippen molar-refractivity contribution in [1.82, 2.24) is 20.5 Å². The third-order valence-corrected chi connectivity index (χ3v) is 3.98. The van der Waals surface area contributed by atoms with Crippen molar-refractivity contribution < 1.29 is 4.74 Å². The first kappa shape index (κ1) is 15.5. The number of H-pyrrole nitrogens is 1. The first-order chi connectivity index (χ1) is 11.3. The number of fused-ring (bicyclic) bond motifs is 1. The average molecular weight is 310 g/mol. The zero-order valence-electron chi connectivity index (χ0n) is 13.5. The Morgan fingerprint density at radius 1 is 1.26 bits per heavy atom. The number of hydrogen-bond acceptors (Lipinski definition) is 4. The van der Waals surface area contributed by atoms with Gasteiger partial charge in [0, 0.05) is 6.20 Å². The van der Waals surface area contributed by atoms with Crippen LogP contribution in [-0.2, 0) is 6.42 Å². The van der Waals surface area contributed by atoms with E-state index in [4.69, 9.17) is 4.74 Å². The minimum absolute atomic E-state index is 0.170. The Bertz CT molecular complexity index is 768. The second kappa shape index (κ2) is 7.24. The Hall–Kier alpha value is -2.40. The number of ether oxygens (including phenoxy) is 1. The number of methoxy groups -OCH3 is 1. The summed E-state index contributed by atoms with van der Waals surface area (Å²) in [5.41, 5.74) is 4.19. The van der Waals surface area contributed by atoms with Crippen molar-refractivity contribution in [3.8, 4) is 5.75 Å². The Kier molecular flexibility index (Phi) is 4.88. The van der Waals surface area contributed by atoms with Crippen molar-refractivity contribution in [3.63, 3.8) is 0 Å². The van der Waals surface area contributed by atoms with Gasteiger partial charge < -0.3 is 10.1 Å². The Labute approximate surface area is 136 Å². The molecule has 0 aliphatic rings. The summed E-state index contributed by atoms with van der Waals surface area (Å²) >= 11 is 0. The molecule has 1 aromatic carbocycles. The molecule has 5 heteroatoms. The number of pyridine rings is 1. The van der Waals surface area contributed by atoms with Crippen LogP contribution in [0.2, 0.25) is 0 Å². The van der Waals surface area contributed by atoms with Crippen LogP contribution in [-0.4, -0.2) is 28.8 Å². The maximum atomic E-state index is 5.25. The fourth-order valence-electron chi connectivity index (χ4n) is 2.71. The summed E-state index contributed by atoms with van der Waals surface area (Å²) in [5.74, 6) is 0.915. The fourth-order valence-corrected chi connectivity index (χ4v) is 2.71. The van der Waals surface area contributed by atoms with Gasteiger partial charge in [-0.1, -0.05) is 12.1 Å². The summed E-state index contributed by atoms with van der Waals surface area (Å²) in [4.78, 5) is 4.41. The van der Waals surface area contributed by atoms with Crippen molar-refractivity contribution in [1.29, 1.82) is 0 Å². The number of hydrogen-bond donors (Lipinski definition) is 2. The summed E-state index contributed by atoms with van der Waals surface area (Å²) in [6.45, 7) is 3.05. The molecule has 0 amide bonds. The Balaban J connectivity index is 1.52. The van der Waals surface area contributed by atoms with Gasteiger partial charge >= 0.3 is 0 Å². The fraction of sp³-hybridized carbons (Fsp3) is 0.333. The lowest BCUT2D eigenvalue weighted by molar-refractivity contribution is 0.414. The van der Waals surface area contributed by atoms with E-state index in [0.717, 1.165) is 41.9 Å². The molecule has 0 saturated carbocycles. The van der Waals surface area contributed by atoms with Crippen molar-refractivity contribution in [3.05, 3.63) is 53.9 Å². The van der Waals surface area contributed by atoms with Crippen molar-refractivity contribution in [2.45, 2.75) is 25.8 Å². The molecule has 0 aliphatic heterocycles. The van der Waals surface area contributed by atoms with Crippen LogP contribution < -0.4 is 10.1 Å². The monoisotopic (exact) mass is 310 g/mol. The van der Waals surface area contributed by atoms with Crippen LogP contribution in [0, 0.1) is 0 Å². The highest BCUT2D eigenvalue weighted by Crippen LogP contribution is 2.19. The molecule has 1 atom stereocenters. The molecule has 23 heavy (non-hydrogen) atoms. The van der Waals surface area contributed by atoms with Crippen LogP contribution in [0.1, 0.15) is 30.6 Å². The molecular weight excluding hydrogens is 288 g/mol. The van der Waals surface area contributed by atoms with E-state index in [1.165, 1.54) is 5.56 Å². The predicted molar refractivity (Wildman–Crippen MR) is 91.6 cm³/mol. The van der Waals surface area contributed by atoms with E-state index in [-0.39, 0.29) is 6.04 Å². The van der Waals surface area contributed by atoms with Gasteiger partial charge in [-0.15, -0.1) is 0 Å². The van der Waals surface area contributed by atoms with Gasteiger partial charge in [0.25, 0.3) is 0 Å². The van der Waals surface area contributed by atoms with E-state index >= 15 is 0 Å². The SMILES string of the molecule is COc1cccc(CCCNC(C)c2n[nH]c3cccnc23)c1. The number of nitrogens with one attached hydrogen (secondary N) is 2. The van der Waals surface area contributed by atoms with Gasteiger partial charge in [0.1, 0.15) is 17.0 Å². The molecular formula is C18H22N4O. The first-order valence-electron chi connectivity index (χ1n) is 7.93. The molecule has 2 N–H and O–H groups in total. The molecule has 0 radical (unpaired) electrons. The average Bonchev–Trinajstić information content (AvgIpc) is 3.03. The van der Waals surface area contributed by atoms with Crippen LogP contribution in [0.5, 0.6) is 5.75 Å². The lowest BCUT2D eigenvalue weighted by Gasteiger charge is -2.11. The van der Waals surface area contributed by atoms with E-state index in [1.807, 2.05) is 24.3 Å². The number of aromatic nitrogens is 3. The number of rotatable bonds is 7. The minimum Gasteiger partial charge on any atom is -0.497 e. The predicted octanol–water partition coefficient (Wildman–Crippen LogP) is 3.25. The highest BCUT2D eigenvalue weighted by atomic mass is 16.5. The Morgan fingerprint density at radius 3 is 3.04 bits per heavy atom. The normalized spacial score (nSPS) is 12.4. The molecule has 3 rings (SSSR count). The van der Waals surface area contributed by atoms with E-state index in [2.05, 4.69) is 39.6 Å². The third-order valence-electron chi connectivity index (χ3n) is 3.98. The van der Waals surface area contributed by atoms with Gasteiger partial charge in [0.15, 0.2) is 0 Å². The number of aryl methyl sites for hydroxylation is 1. The van der Waals surface area contributed by atoms with Gasteiger partial charge in [0.05, 0.1) is 18.7 Å². The second-order valence-corrected chi connectivity index (χ2v) is 5.64. The maximum Gasteiger partial charge on any atom is 0.119 e. The second-order valence-electron chi connectivity index (χ2n) is 5.64. The molecule has 3 aromatic rings. The summed E-state index contributed by atoms with van der Waals surface area (Å²) in [5, 5.41) is 10.9. The molecule has 1 unspecified atom stereocenters. The lowest BCUT2D eigenvalue weighted by Crippen LogP contribution is -2.21. The van der Waals surface area contributed by atoms with Crippen LogP contribution >= 0.6 is 0 Å². The van der Waals surface area contributed by atoms with E-state index < -0.39 is 0 Å². The van der Waals surface area contributed by atoms with Crippen LogP contribution in [0.25, 0.3) is 11.0 Å². The van der Waals surface area contributed by atoms with Gasteiger partial charge in [-0.3, -0.25) is 10.1 Å². The van der Waals surface area contributed by atoms with Crippen LogP contribution in [0.3, 0.4) is 0 Å². The zero-order valence-corrected chi connectivity index (χ0v) is 13.5. The summed E-state index contributed by atoms with van der Waals surface area (Å²) < 4.78 is 5.25. The quantitative estimate of drug-likeness (QED) is 0.658. The molecule has 2 aromatic heterocycles. The number of nitrogens with zero attached hydrogens (tertiary/aromatic N) is 2. The van der Waals surface area contributed by atoms with Crippen LogP contribution in [0.4, 0.5) is 0 Å². The van der Waals surface area contributed by atoms with Gasteiger partial charge in [-0.25, -0.2) is 0 Å². The molecule has 2 heterocycles. The van der Waals surface area contributed by atoms with Gasteiger partial charge in [-0.05, 0) is 56.1 Å². The van der Waals surface area contributed by atoms with Crippen LogP contribution in [0.15, 0.2) is 42.6 Å². The third kappa shape index (κ3) is 3.68. The van der Waals surface area contributed by atoms with E-state index in [1.54, 1.807) is 13.3 Å². The topological polar surface area (TPSA) is 62.8 Å². The van der Waals surface area contributed by atoms with Crippen molar-refractivity contribution >= 4 is 11.0 Å². The maximum absolute atomic E-state index is 5.25.